The average molecular weight is 1060 g/mol. The molecule has 2 atom stereocenters. The van der Waals surface area contributed by atoms with Gasteiger partial charge < -0.3 is 41.0 Å². The summed E-state index contributed by atoms with van der Waals surface area (Å²) in [4.78, 5) is 49.5. The molecule has 0 aromatic heterocycles. The van der Waals surface area contributed by atoms with Gasteiger partial charge in [-0.3, -0.25) is 27.8 Å². The lowest BCUT2D eigenvalue weighted by atomic mass is 10.2. The highest BCUT2D eigenvalue weighted by Gasteiger charge is 2.31. The Labute approximate surface area is 427 Å². The number of anilines is 2. The van der Waals surface area contributed by atoms with Gasteiger partial charge in [-0.25, -0.2) is 16.8 Å². The molecule has 0 fully saturated rings. The van der Waals surface area contributed by atoms with E-state index < -0.39 is 68.8 Å². The van der Waals surface area contributed by atoms with Crippen LogP contribution < -0.4 is 40.2 Å². The van der Waals surface area contributed by atoms with Gasteiger partial charge in [0.2, 0.25) is 23.6 Å². The second-order valence-corrected chi connectivity index (χ2v) is 19.9. The van der Waals surface area contributed by atoms with Crippen LogP contribution in [0.5, 0.6) is 11.5 Å². The van der Waals surface area contributed by atoms with E-state index in [4.69, 9.17) is 53.6 Å². The van der Waals surface area contributed by atoms with Crippen LogP contribution in [0.25, 0.3) is 0 Å². The van der Waals surface area contributed by atoms with Crippen LogP contribution in [-0.2, 0) is 61.9 Å². The molecule has 6 aromatic carbocycles. The van der Waals surface area contributed by atoms with Gasteiger partial charge in [0.15, 0.2) is 11.5 Å². The number of methoxy groups -OCH3 is 2. The monoisotopic (exact) mass is 1060 g/mol. The number of sulfonamides is 2. The number of nitrogens with one attached hydrogen (secondary N) is 2. The molecule has 0 aliphatic heterocycles. The lowest BCUT2D eigenvalue weighted by molar-refractivity contribution is -0.128. The minimum atomic E-state index is -4.28. The fourth-order valence-corrected chi connectivity index (χ4v) is 9.67. The summed E-state index contributed by atoms with van der Waals surface area (Å²) >= 11 is 11.9. The Bertz CT molecular complexity index is 2960. The number of carbonyl (C=O) groups excluding carboxylic acids is 4. The van der Waals surface area contributed by atoms with Crippen LogP contribution in [0.3, 0.4) is 0 Å². The number of nitrogens with two attached hydrogens (primary N) is 2. The maximum absolute atomic E-state index is 13.7. The van der Waals surface area contributed by atoms with E-state index in [2.05, 4.69) is 10.6 Å². The van der Waals surface area contributed by atoms with Crippen LogP contribution in [0.1, 0.15) is 11.1 Å². The number of halogens is 2. The number of amides is 4. The van der Waals surface area contributed by atoms with Crippen molar-refractivity contribution in [2.45, 2.75) is 35.1 Å². The Morgan fingerprint density at radius 1 is 0.514 bits per heavy atom. The number of carbonyl (C=O) groups is 4. The molecule has 0 saturated heterocycles. The number of hydrogen-bond acceptors (Lipinski definition) is 12. The number of rotatable bonds is 24. The van der Waals surface area contributed by atoms with E-state index in [-0.39, 0.29) is 53.3 Å². The van der Waals surface area contributed by atoms with Crippen molar-refractivity contribution in [1.29, 1.82) is 0 Å². The van der Waals surface area contributed by atoms with E-state index in [0.29, 0.717) is 15.8 Å². The van der Waals surface area contributed by atoms with E-state index in [0.717, 1.165) is 19.7 Å². The first-order valence-corrected chi connectivity index (χ1v) is 25.3. The van der Waals surface area contributed by atoms with E-state index in [9.17, 15) is 36.0 Å². The lowest BCUT2D eigenvalue weighted by Gasteiger charge is -2.25. The average Bonchev–Trinajstić information content (AvgIpc) is 3.38. The topological polar surface area (TPSA) is 256 Å². The molecule has 2 unspecified atom stereocenters. The van der Waals surface area contributed by atoms with Crippen molar-refractivity contribution < 1.29 is 55.0 Å². The minimum Gasteiger partial charge on any atom is -0.493 e. The van der Waals surface area contributed by atoms with E-state index in [1.54, 1.807) is 18.2 Å². The predicted octanol–water partition coefficient (Wildman–Crippen LogP) is 5.46. The van der Waals surface area contributed by atoms with Gasteiger partial charge in [0.1, 0.15) is 25.2 Å². The molecule has 380 valence electrons. The molecule has 18 nitrogen and oxygen atoms in total. The summed E-state index contributed by atoms with van der Waals surface area (Å²) in [5.74, 6) is -2.59. The van der Waals surface area contributed by atoms with E-state index in [1.807, 2.05) is 60.7 Å². The van der Waals surface area contributed by atoms with Crippen molar-refractivity contribution in [3.8, 4) is 11.5 Å². The number of ether oxygens (including phenoxy) is 4. The molecule has 22 heteroatoms. The lowest BCUT2D eigenvalue weighted by Crippen LogP contribution is -2.51. The third-order valence-electron chi connectivity index (χ3n) is 10.2. The Balaban J connectivity index is 0.000000269. The number of nitrogens with zero attached hydrogens (tertiary/aromatic N) is 2. The van der Waals surface area contributed by atoms with Crippen molar-refractivity contribution in [1.82, 2.24) is 10.6 Å². The van der Waals surface area contributed by atoms with Gasteiger partial charge in [0.05, 0.1) is 61.8 Å². The van der Waals surface area contributed by atoms with Gasteiger partial charge in [-0.15, -0.1) is 0 Å². The van der Waals surface area contributed by atoms with Crippen LogP contribution in [0.15, 0.2) is 168 Å². The second kappa shape index (κ2) is 26.9. The summed E-state index contributed by atoms with van der Waals surface area (Å²) in [6.45, 7) is -1.17. The van der Waals surface area contributed by atoms with Crippen molar-refractivity contribution in [2.75, 3.05) is 49.1 Å². The van der Waals surface area contributed by atoms with Crippen LogP contribution in [0.2, 0.25) is 10.0 Å². The zero-order valence-electron chi connectivity index (χ0n) is 38.9. The summed E-state index contributed by atoms with van der Waals surface area (Å²) in [5.41, 5.74) is 13.0. The molecular weight excluding hydrogens is 1010 g/mol. The van der Waals surface area contributed by atoms with Gasteiger partial charge in [-0.05, 0) is 83.9 Å². The van der Waals surface area contributed by atoms with Crippen LogP contribution in [0.4, 0.5) is 11.4 Å². The molecule has 4 amide bonds. The largest absolute Gasteiger partial charge is 0.493 e. The fraction of sp³-hybridized carbons (Fsp3) is 0.200. The Morgan fingerprint density at radius 3 is 1.26 bits per heavy atom. The highest BCUT2D eigenvalue weighted by Crippen LogP contribution is 2.33. The minimum absolute atomic E-state index is 0.00963. The quantitative estimate of drug-likeness (QED) is 0.0590. The Kier molecular flexibility index (Phi) is 20.8. The molecule has 72 heavy (non-hydrogen) atoms. The summed E-state index contributed by atoms with van der Waals surface area (Å²) in [6.07, 6.45) is 0. The molecular formula is C50H52Cl2N6O12S2. The van der Waals surface area contributed by atoms with Crippen molar-refractivity contribution in [2.24, 2.45) is 11.5 Å². The van der Waals surface area contributed by atoms with Crippen molar-refractivity contribution in [3.05, 3.63) is 179 Å². The Hall–Kier alpha value is -7.20. The number of hydrogen-bond donors (Lipinski definition) is 4. The zero-order valence-corrected chi connectivity index (χ0v) is 42.1. The molecule has 0 spiro atoms. The second-order valence-electron chi connectivity index (χ2n) is 15.4. The fourth-order valence-electron chi connectivity index (χ4n) is 6.54. The molecule has 6 N–H and O–H groups in total. The summed E-state index contributed by atoms with van der Waals surface area (Å²) in [7, 11) is -5.57. The van der Waals surface area contributed by atoms with Crippen molar-refractivity contribution >= 4 is 78.3 Å². The van der Waals surface area contributed by atoms with Gasteiger partial charge in [0.25, 0.3) is 20.0 Å². The molecule has 0 heterocycles. The first-order valence-electron chi connectivity index (χ1n) is 21.7. The van der Waals surface area contributed by atoms with Crippen LogP contribution in [0, 0.1) is 0 Å². The summed E-state index contributed by atoms with van der Waals surface area (Å²) in [5, 5.41) is 5.72. The normalized spacial score (nSPS) is 11.9. The molecule has 6 aromatic rings. The predicted molar refractivity (Wildman–Crippen MR) is 272 cm³/mol. The summed E-state index contributed by atoms with van der Waals surface area (Å²) in [6, 6.07) is 39.9. The number of primary amides is 2. The zero-order chi connectivity index (χ0) is 52.3. The van der Waals surface area contributed by atoms with Gasteiger partial charge in [0, 0.05) is 16.1 Å². The van der Waals surface area contributed by atoms with Crippen LogP contribution >= 0.6 is 23.2 Å². The summed E-state index contributed by atoms with van der Waals surface area (Å²) < 4.78 is 77.3. The maximum Gasteiger partial charge on any atom is 0.264 e. The molecule has 6 rings (SSSR count). The third kappa shape index (κ3) is 16.2. The highest BCUT2D eigenvalue weighted by atomic mass is 35.5. The van der Waals surface area contributed by atoms with E-state index >= 15 is 0 Å². The molecule has 0 aliphatic rings. The first-order chi connectivity index (χ1) is 34.4. The number of benzene rings is 6. The van der Waals surface area contributed by atoms with Gasteiger partial charge in [-0.2, -0.15) is 0 Å². The van der Waals surface area contributed by atoms with Gasteiger partial charge >= 0.3 is 0 Å². The third-order valence-corrected chi connectivity index (χ3v) is 14.3. The van der Waals surface area contributed by atoms with Gasteiger partial charge in [-0.1, -0.05) is 102 Å². The molecule has 0 aliphatic carbocycles. The molecule has 0 bridgehead atoms. The standard InChI is InChI=1S/C26H28ClN3O7S.C24H24ClN3O5S/c1-35-23-13-12-21(14-24(23)36-2)38(33,34)30(20-10-8-19(27)9-11-20)15-25(31)29-22(26(28)32)17-37-16-18-6-4-3-5-7-18;25-19-11-13-20(14-12-19)28(34(31,32)21-9-5-2-6-10-21)15-23(29)27-22(24(26)30)17-33-16-18-7-3-1-4-8-18/h3-14,22H,15-17H2,1-2H3,(H2,28,32)(H,29,31);1-14,22H,15-17H2,(H2,26,30)(H,27,29). The maximum atomic E-state index is 13.7. The van der Waals surface area contributed by atoms with Crippen molar-refractivity contribution in [3.63, 3.8) is 0 Å². The first kappa shape index (κ1) is 55.7. The molecule has 0 saturated carbocycles. The Morgan fingerprint density at radius 2 is 0.889 bits per heavy atom. The van der Waals surface area contributed by atoms with Crippen LogP contribution in [-0.4, -0.2) is 93.1 Å². The van der Waals surface area contributed by atoms with E-state index in [1.165, 1.54) is 93.1 Å². The highest BCUT2D eigenvalue weighted by molar-refractivity contribution is 7.93. The smallest absolute Gasteiger partial charge is 0.264 e. The SMILES string of the molecule is COc1ccc(S(=O)(=O)N(CC(=O)NC(COCc2ccccc2)C(N)=O)c2ccc(Cl)cc2)cc1OC.NC(=O)C(COCc1ccccc1)NC(=O)CN(c1ccc(Cl)cc1)S(=O)(=O)c1ccccc1. The molecule has 0 radical (unpaired) electrons.